The van der Waals surface area contributed by atoms with Gasteiger partial charge in [0.2, 0.25) is 0 Å². The van der Waals surface area contributed by atoms with Gasteiger partial charge in [-0.15, -0.1) is 0 Å². The van der Waals surface area contributed by atoms with E-state index in [1.807, 2.05) is 0 Å². The average Bonchev–Trinajstić information content (AvgIpc) is 2.13. The molecule has 2 nitrogen and oxygen atoms in total. The van der Waals surface area contributed by atoms with E-state index in [2.05, 4.69) is 18.9 Å². The van der Waals surface area contributed by atoms with Crippen molar-refractivity contribution in [3.05, 3.63) is 0 Å². The summed E-state index contributed by atoms with van der Waals surface area (Å²) in [5.41, 5.74) is 0.328. The summed E-state index contributed by atoms with van der Waals surface area (Å²) in [6.07, 6.45) is 0.540. The molecule has 2 heteroatoms. The SMILES string of the molecule is CC1OC12CN(C)C2. The van der Waals surface area contributed by atoms with E-state index < -0.39 is 0 Å². The average molecular weight is 113 g/mol. The Morgan fingerprint density at radius 1 is 1.62 bits per heavy atom. The second-order valence-corrected chi connectivity index (χ2v) is 3.00. The summed E-state index contributed by atoms with van der Waals surface area (Å²) in [4.78, 5) is 2.28. The summed E-state index contributed by atoms with van der Waals surface area (Å²) in [6.45, 7) is 4.44. The summed E-state index contributed by atoms with van der Waals surface area (Å²) < 4.78 is 5.37. The molecule has 0 aromatic heterocycles. The molecule has 46 valence electrons. The van der Waals surface area contributed by atoms with E-state index in [4.69, 9.17) is 4.74 Å². The van der Waals surface area contributed by atoms with E-state index in [-0.39, 0.29) is 0 Å². The van der Waals surface area contributed by atoms with Crippen molar-refractivity contribution in [1.82, 2.24) is 4.90 Å². The zero-order chi connectivity index (χ0) is 5.78. The molecule has 2 aliphatic rings. The fourth-order valence-corrected chi connectivity index (χ4v) is 1.52. The van der Waals surface area contributed by atoms with Crippen LogP contribution in [0.1, 0.15) is 6.92 Å². The molecule has 0 saturated carbocycles. The molecule has 0 bridgehead atoms. The van der Waals surface area contributed by atoms with Crippen LogP contribution in [0.15, 0.2) is 0 Å². The van der Waals surface area contributed by atoms with Gasteiger partial charge in [0.1, 0.15) is 5.60 Å². The van der Waals surface area contributed by atoms with Crippen molar-refractivity contribution in [3.63, 3.8) is 0 Å². The monoisotopic (exact) mass is 113 g/mol. The summed E-state index contributed by atoms with van der Waals surface area (Å²) in [7, 11) is 2.12. The Morgan fingerprint density at radius 3 is 2.25 bits per heavy atom. The topological polar surface area (TPSA) is 15.8 Å². The van der Waals surface area contributed by atoms with E-state index in [0.717, 1.165) is 13.1 Å². The lowest BCUT2D eigenvalue weighted by Crippen LogP contribution is -2.52. The van der Waals surface area contributed by atoms with Crippen LogP contribution in [0.25, 0.3) is 0 Å². The second-order valence-electron chi connectivity index (χ2n) is 3.00. The predicted molar refractivity (Wildman–Crippen MR) is 30.8 cm³/mol. The smallest absolute Gasteiger partial charge is 0.120 e. The molecule has 0 aromatic rings. The molecule has 2 saturated heterocycles. The number of hydrogen-bond acceptors (Lipinski definition) is 2. The van der Waals surface area contributed by atoms with Gasteiger partial charge >= 0.3 is 0 Å². The van der Waals surface area contributed by atoms with E-state index >= 15 is 0 Å². The minimum atomic E-state index is 0.328. The van der Waals surface area contributed by atoms with Gasteiger partial charge in [0.05, 0.1) is 6.10 Å². The first-order chi connectivity index (χ1) is 3.73. The van der Waals surface area contributed by atoms with Gasteiger partial charge in [-0.3, -0.25) is 0 Å². The highest BCUT2D eigenvalue weighted by Crippen LogP contribution is 2.42. The quantitative estimate of drug-likeness (QED) is 0.414. The molecule has 2 rings (SSSR count). The van der Waals surface area contributed by atoms with Crippen LogP contribution in [0.5, 0.6) is 0 Å². The first kappa shape index (κ1) is 4.77. The van der Waals surface area contributed by atoms with Crippen molar-refractivity contribution < 1.29 is 4.74 Å². The van der Waals surface area contributed by atoms with Gasteiger partial charge < -0.3 is 9.64 Å². The molecule has 0 radical (unpaired) electrons. The Labute approximate surface area is 49.4 Å². The van der Waals surface area contributed by atoms with Gasteiger partial charge in [-0.2, -0.15) is 0 Å². The standard InChI is InChI=1S/C6H11NO/c1-5-6(8-5)3-7(2)4-6/h5H,3-4H2,1-2H3. The second kappa shape index (κ2) is 1.09. The van der Waals surface area contributed by atoms with Crippen LogP contribution in [-0.4, -0.2) is 36.7 Å². The van der Waals surface area contributed by atoms with Crippen molar-refractivity contribution in [2.45, 2.75) is 18.6 Å². The van der Waals surface area contributed by atoms with E-state index in [1.165, 1.54) is 0 Å². The van der Waals surface area contributed by atoms with Gasteiger partial charge in [0.25, 0.3) is 0 Å². The van der Waals surface area contributed by atoms with Crippen molar-refractivity contribution in [1.29, 1.82) is 0 Å². The maximum absolute atomic E-state index is 5.37. The van der Waals surface area contributed by atoms with Crippen LogP contribution in [-0.2, 0) is 4.74 Å². The zero-order valence-electron chi connectivity index (χ0n) is 5.35. The predicted octanol–water partition coefficient (Wildman–Crippen LogP) is 0.0893. The third-order valence-electron chi connectivity index (χ3n) is 2.17. The molecule has 0 aromatic carbocycles. The Balaban J connectivity index is 1.96. The Bertz CT molecular complexity index is 118. The van der Waals surface area contributed by atoms with E-state index in [9.17, 15) is 0 Å². The number of hydrogen-bond donors (Lipinski definition) is 0. The first-order valence-electron chi connectivity index (χ1n) is 3.09. The largest absolute Gasteiger partial charge is 0.364 e. The van der Waals surface area contributed by atoms with Gasteiger partial charge in [-0.1, -0.05) is 0 Å². The number of nitrogens with zero attached hydrogens (tertiary/aromatic N) is 1. The van der Waals surface area contributed by atoms with Crippen LogP contribution in [0.4, 0.5) is 0 Å². The van der Waals surface area contributed by atoms with Gasteiger partial charge in [0.15, 0.2) is 0 Å². The highest BCUT2D eigenvalue weighted by molar-refractivity contribution is 5.10. The molecule has 0 N–H and O–H groups in total. The lowest BCUT2D eigenvalue weighted by molar-refractivity contribution is 0.0870. The van der Waals surface area contributed by atoms with Crippen LogP contribution in [0.2, 0.25) is 0 Å². The molecule has 1 spiro atoms. The highest BCUT2D eigenvalue weighted by Gasteiger charge is 2.60. The normalized spacial score (nSPS) is 42.0. The third-order valence-corrected chi connectivity index (χ3v) is 2.17. The van der Waals surface area contributed by atoms with Crippen LogP contribution in [0, 0.1) is 0 Å². The van der Waals surface area contributed by atoms with Crippen LogP contribution < -0.4 is 0 Å². The number of likely N-dealkylation sites (tertiary alicyclic amines) is 1. The highest BCUT2D eigenvalue weighted by atomic mass is 16.6. The number of ether oxygens (including phenoxy) is 1. The third kappa shape index (κ3) is 0.400. The maximum atomic E-state index is 5.37. The number of likely N-dealkylation sites (N-methyl/N-ethyl adjacent to an activating group) is 1. The van der Waals surface area contributed by atoms with Gasteiger partial charge in [-0.05, 0) is 14.0 Å². The molecular weight excluding hydrogens is 102 g/mol. The molecule has 2 heterocycles. The summed E-state index contributed by atoms with van der Waals surface area (Å²) in [5, 5.41) is 0. The van der Waals surface area contributed by atoms with Crippen LogP contribution in [0.3, 0.4) is 0 Å². The molecule has 2 fully saturated rings. The van der Waals surface area contributed by atoms with Crippen LogP contribution >= 0.6 is 0 Å². The van der Waals surface area contributed by atoms with Crippen molar-refractivity contribution >= 4 is 0 Å². The molecular formula is C6H11NO. The molecule has 0 aliphatic carbocycles. The Morgan fingerprint density at radius 2 is 2.12 bits per heavy atom. The summed E-state index contributed by atoms with van der Waals surface area (Å²) in [6, 6.07) is 0. The number of rotatable bonds is 0. The fraction of sp³-hybridized carbons (Fsp3) is 1.00. The summed E-state index contributed by atoms with van der Waals surface area (Å²) in [5.74, 6) is 0. The van der Waals surface area contributed by atoms with Gasteiger partial charge in [-0.25, -0.2) is 0 Å². The lowest BCUT2D eigenvalue weighted by atomic mass is 9.98. The van der Waals surface area contributed by atoms with Crippen molar-refractivity contribution in [2.24, 2.45) is 0 Å². The Hall–Kier alpha value is -0.0800. The fourth-order valence-electron chi connectivity index (χ4n) is 1.52. The molecule has 0 amide bonds. The van der Waals surface area contributed by atoms with Gasteiger partial charge in [0, 0.05) is 13.1 Å². The first-order valence-corrected chi connectivity index (χ1v) is 3.09. The van der Waals surface area contributed by atoms with Crippen molar-refractivity contribution in [3.8, 4) is 0 Å². The minimum Gasteiger partial charge on any atom is -0.364 e. The summed E-state index contributed by atoms with van der Waals surface area (Å²) >= 11 is 0. The minimum absolute atomic E-state index is 0.328. The maximum Gasteiger partial charge on any atom is 0.120 e. The van der Waals surface area contributed by atoms with E-state index in [1.54, 1.807) is 0 Å². The Kier molecular flexibility index (Phi) is 0.649. The molecule has 1 atom stereocenters. The molecule has 2 aliphatic heterocycles. The lowest BCUT2D eigenvalue weighted by Gasteiger charge is -2.33. The molecule has 8 heavy (non-hydrogen) atoms. The zero-order valence-corrected chi connectivity index (χ0v) is 5.35. The van der Waals surface area contributed by atoms with Crippen molar-refractivity contribution in [2.75, 3.05) is 20.1 Å². The number of epoxide rings is 1. The molecule has 1 unspecified atom stereocenters. The van der Waals surface area contributed by atoms with E-state index in [0.29, 0.717) is 11.7 Å².